The van der Waals surface area contributed by atoms with E-state index in [2.05, 4.69) is 49.2 Å². The van der Waals surface area contributed by atoms with Crippen LogP contribution in [0.2, 0.25) is 5.02 Å². The zero-order valence-corrected chi connectivity index (χ0v) is 20.2. The number of nitrogens with zero attached hydrogens (tertiary/aromatic N) is 2. The topological polar surface area (TPSA) is 44.8 Å². The number of methoxy groups -OCH3 is 1. The van der Waals surface area contributed by atoms with Gasteiger partial charge < -0.3 is 15.0 Å². The Morgan fingerprint density at radius 3 is 2.41 bits per heavy atom. The van der Waals surface area contributed by atoms with Gasteiger partial charge in [-0.15, -0.1) is 0 Å². The Hall–Kier alpha value is -2.54. The molecule has 1 heterocycles. The Bertz CT molecular complexity index is 1080. The second kappa shape index (κ2) is 10.4. The Morgan fingerprint density at radius 1 is 1.03 bits per heavy atom. The van der Waals surface area contributed by atoms with Gasteiger partial charge in [0.2, 0.25) is 0 Å². The van der Waals surface area contributed by atoms with Crippen molar-refractivity contribution >= 4 is 44.8 Å². The van der Waals surface area contributed by atoms with Crippen LogP contribution in [-0.4, -0.2) is 44.1 Å². The molecule has 1 amide bonds. The summed E-state index contributed by atoms with van der Waals surface area (Å²) >= 11 is 9.72. The first-order valence-corrected chi connectivity index (χ1v) is 11.7. The minimum Gasteiger partial charge on any atom is -0.496 e. The van der Waals surface area contributed by atoms with Gasteiger partial charge in [0.15, 0.2) is 0 Å². The molecule has 0 aliphatic carbocycles. The molecule has 1 N–H and O–H groups in total. The lowest BCUT2D eigenvalue weighted by Gasteiger charge is -2.36. The van der Waals surface area contributed by atoms with Crippen LogP contribution in [0.25, 0.3) is 0 Å². The highest BCUT2D eigenvalue weighted by Gasteiger charge is 2.18. The van der Waals surface area contributed by atoms with Crippen molar-refractivity contribution in [3.05, 3.63) is 87.4 Å². The fourth-order valence-electron chi connectivity index (χ4n) is 3.80. The molecule has 4 rings (SSSR count). The molecule has 7 heteroatoms. The maximum absolute atomic E-state index is 12.6. The maximum atomic E-state index is 12.6. The molecule has 3 aromatic carbocycles. The molecule has 166 valence electrons. The van der Waals surface area contributed by atoms with E-state index in [1.165, 1.54) is 5.56 Å². The number of anilines is 2. The smallest absolute Gasteiger partial charge is 0.255 e. The highest BCUT2D eigenvalue weighted by molar-refractivity contribution is 9.10. The van der Waals surface area contributed by atoms with E-state index >= 15 is 0 Å². The van der Waals surface area contributed by atoms with Crippen molar-refractivity contribution in [2.75, 3.05) is 43.5 Å². The molecule has 1 saturated heterocycles. The average Bonchev–Trinajstić information content (AvgIpc) is 2.81. The van der Waals surface area contributed by atoms with Gasteiger partial charge in [-0.3, -0.25) is 9.69 Å². The van der Waals surface area contributed by atoms with Crippen molar-refractivity contribution in [3.63, 3.8) is 0 Å². The molecule has 32 heavy (non-hydrogen) atoms. The lowest BCUT2D eigenvalue weighted by Crippen LogP contribution is -2.46. The predicted molar refractivity (Wildman–Crippen MR) is 134 cm³/mol. The second-order valence-corrected chi connectivity index (χ2v) is 8.97. The SMILES string of the molecule is COc1ccc(C(=O)Nc2ccc(N3CCN(Cc4ccccc4Cl)CC3)cc2)cc1Br. The van der Waals surface area contributed by atoms with Crippen molar-refractivity contribution in [2.45, 2.75) is 6.54 Å². The highest BCUT2D eigenvalue weighted by atomic mass is 79.9. The minimum atomic E-state index is -0.158. The lowest BCUT2D eigenvalue weighted by molar-refractivity contribution is 0.102. The third-order valence-corrected chi connectivity index (χ3v) is 6.62. The van der Waals surface area contributed by atoms with Crippen molar-refractivity contribution in [3.8, 4) is 5.75 Å². The molecule has 3 aromatic rings. The van der Waals surface area contributed by atoms with Crippen LogP contribution >= 0.6 is 27.5 Å². The number of ether oxygens (including phenoxy) is 1. The first-order chi connectivity index (χ1) is 15.5. The van der Waals surface area contributed by atoms with Gasteiger partial charge in [-0.05, 0) is 70.0 Å². The summed E-state index contributed by atoms with van der Waals surface area (Å²) in [5.41, 5.74) is 3.67. The van der Waals surface area contributed by atoms with Crippen LogP contribution in [0.4, 0.5) is 11.4 Å². The number of carbonyl (C=O) groups is 1. The third kappa shape index (κ3) is 5.44. The van der Waals surface area contributed by atoms with E-state index in [-0.39, 0.29) is 5.91 Å². The molecule has 0 unspecified atom stereocenters. The van der Waals surface area contributed by atoms with Gasteiger partial charge in [-0.2, -0.15) is 0 Å². The summed E-state index contributed by atoms with van der Waals surface area (Å²) in [5.74, 6) is 0.534. The molecule has 5 nitrogen and oxygen atoms in total. The molecular weight excluding hydrogens is 490 g/mol. The number of piperazine rings is 1. The fourth-order valence-corrected chi connectivity index (χ4v) is 4.53. The normalized spacial score (nSPS) is 14.3. The summed E-state index contributed by atoms with van der Waals surface area (Å²) in [6.45, 7) is 4.75. The van der Waals surface area contributed by atoms with Crippen molar-refractivity contribution in [1.82, 2.24) is 4.90 Å². The fraction of sp³-hybridized carbons (Fsp3) is 0.240. The molecule has 0 atom stereocenters. The number of rotatable bonds is 6. The Kier molecular flexibility index (Phi) is 7.35. The molecule has 0 radical (unpaired) electrons. The maximum Gasteiger partial charge on any atom is 0.255 e. The van der Waals surface area contributed by atoms with Crippen LogP contribution in [0.1, 0.15) is 15.9 Å². The number of halogens is 2. The zero-order chi connectivity index (χ0) is 22.5. The van der Waals surface area contributed by atoms with Gasteiger partial charge in [-0.1, -0.05) is 29.8 Å². The van der Waals surface area contributed by atoms with Gasteiger partial charge >= 0.3 is 0 Å². The molecule has 0 bridgehead atoms. The molecule has 1 aliphatic rings. The van der Waals surface area contributed by atoms with Crippen molar-refractivity contribution in [1.29, 1.82) is 0 Å². The van der Waals surface area contributed by atoms with Gasteiger partial charge in [0.1, 0.15) is 5.75 Å². The van der Waals surface area contributed by atoms with E-state index in [4.69, 9.17) is 16.3 Å². The van der Waals surface area contributed by atoms with E-state index in [1.54, 1.807) is 25.3 Å². The van der Waals surface area contributed by atoms with E-state index in [0.29, 0.717) is 11.3 Å². The summed E-state index contributed by atoms with van der Waals surface area (Å²) in [4.78, 5) is 17.4. The first kappa shape index (κ1) is 22.6. The number of hydrogen-bond acceptors (Lipinski definition) is 4. The van der Waals surface area contributed by atoms with Crippen LogP contribution in [0.15, 0.2) is 71.2 Å². The lowest BCUT2D eigenvalue weighted by atomic mass is 10.1. The van der Waals surface area contributed by atoms with Crippen LogP contribution in [0, 0.1) is 0 Å². The van der Waals surface area contributed by atoms with Gasteiger partial charge in [0.25, 0.3) is 5.91 Å². The molecule has 1 aliphatic heterocycles. The predicted octanol–water partition coefficient (Wildman–Crippen LogP) is 5.69. The molecular formula is C25H25BrClN3O2. The Balaban J connectivity index is 1.32. The third-order valence-electron chi connectivity index (χ3n) is 5.63. The van der Waals surface area contributed by atoms with Gasteiger partial charge in [0, 0.05) is 54.7 Å². The number of amides is 1. The van der Waals surface area contributed by atoms with Crippen LogP contribution in [0.5, 0.6) is 5.75 Å². The average molecular weight is 515 g/mol. The van der Waals surface area contributed by atoms with Crippen LogP contribution < -0.4 is 15.0 Å². The molecule has 0 spiro atoms. The highest BCUT2D eigenvalue weighted by Crippen LogP contribution is 2.26. The van der Waals surface area contributed by atoms with Crippen LogP contribution in [-0.2, 0) is 6.54 Å². The molecule has 1 fully saturated rings. The number of benzene rings is 3. The van der Waals surface area contributed by atoms with Crippen molar-refractivity contribution < 1.29 is 9.53 Å². The quantitative estimate of drug-likeness (QED) is 0.459. The summed E-state index contributed by atoms with van der Waals surface area (Å²) < 4.78 is 5.97. The summed E-state index contributed by atoms with van der Waals surface area (Å²) in [6, 6.07) is 21.3. The Morgan fingerprint density at radius 2 is 1.75 bits per heavy atom. The number of nitrogens with one attached hydrogen (secondary N) is 1. The first-order valence-electron chi connectivity index (χ1n) is 10.5. The van der Waals surface area contributed by atoms with E-state index in [1.807, 2.05) is 30.3 Å². The monoisotopic (exact) mass is 513 g/mol. The second-order valence-electron chi connectivity index (χ2n) is 7.70. The van der Waals surface area contributed by atoms with E-state index < -0.39 is 0 Å². The summed E-state index contributed by atoms with van der Waals surface area (Å²) in [7, 11) is 1.60. The number of hydrogen-bond donors (Lipinski definition) is 1. The minimum absolute atomic E-state index is 0.158. The van der Waals surface area contributed by atoms with Crippen LogP contribution in [0.3, 0.4) is 0 Å². The Labute approximate surface area is 202 Å². The molecule has 0 aromatic heterocycles. The largest absolute Gasteiger partial charge is 0.496 e. The van der Waals surface area contributed by atoms with Gasteiger partial charge in [0.05, 0.1) is 11.6 Å². The van der Waals surface area contributed by atoms with Gasteiger partial charge in [-0.25, -0.2) is 0 Å². The standard InChI is InChI=1S/C25H25BrClN3O2/c1-32-24-11-6-18(16-22(24)26)25(31)28-20-7-9-21(10-8-20)30-14-12-29(13-15-30)17-19-4-2-3-5-23(19)27/h2-11,16H,12-15,17H2,1H3,(H,28,31). The number of carbonyl (C=O) groups excluding carboxylic acids is 1. The summed E-state index contributed by atoms with van der Waals surface area (Å²) in [5, 5.41) is 3.78. The molecule has 0 saturated carbocycles. The van der Waals surface area contributed by atoms with Crippen molar-refractivity contribution in [2.24, 2.45) is 0 Å². The van der Waals surface area contributed by atoms with E-state index in [9.17, 15) is 4.79 Å². The summed E-state index contributed by atoms with van der Waals surface area (Å²) in [6.07, 6.45) is 0. The zero-order valence-electron chi connectivity index (χ0n) is 17.9. The van der Waals surface area contributed by atoms with E-state index in [0.717, 1.165) is 53.6 Å².